The van der Waals surface area contributed by atoms with E-state index in [4.69, 9.17) is 0 Å². The molecule has 0 saturated heterocycles. The minimum atomic E-state index is 0. The van der Waals surface area contributed by atoms with Crippen molar-refractivity contribution in [2.45, 2.75) is 41.5 Å². The van der Waals surface area contributed by atoms with Gasteiger partial charge in [0.1, 0.15) is 0 Å². The summed E-state index contributed by atoms with van der Waals surface area (Å²) in [7, 11) is 0. The molecule has 0 aliphatic heterocycles. The molecule has 0 aliphatic carbocycles. The zero-order valence-corrected chi connectivity index (χ0v) is 11.9. The van der Waals surface area contributed by atoms with Crippen molar-refractivity contribution in [1.29, 1.82) is 0 Å². The third-order valence-corrected chi connectivity index (χ3v) is 3.38. The molecule has 0 saturated carbocycles. The van der Waals surface area contributed by atoms with Gasteiger partial charge in [0.05, 0.1) is 0 Å². The van der Waals surface area contributed by atoms with Crippen LogP contribution in [0.4, 0.5) is 0 Å². The summed E-state index contributed by atoms with van der Waals surface area (Å²) in [6.07, 6.45) is 0. The van der Waals surface area contributed by atoms with Crippen molar-refractivity contribution < 1.29 is 19.8 Å². The molecule has 1 heteroatoms. The Morgan fingerprint density at radius 3 is 0.538 bits per heavy atom. The molecule has 0 radical (unpaired) electrons. The quantitative estimate of drug-likeness (QED) is 0.670. The van der Waals surface area contributed by atoms with Crippen LogP contribution in [0.5, 0.6) is 0 Å². The molecule has 1 rings (SSSR count). The summed E-state index contributed by atoms with van der Waals surface area (Å²) >= 11 is 0. The smallest absolute Gasteiger partial charge is 0.0447 e. The van der Waals surface area contributed by atoms with Crippen molar-refractivity contribution in [1.82, 2.24) is 0 Å². The molecule has 1 aromatic carbocycles. The molecule has 0 amide bonds. The van der Waals surface area contributed by atoms with E-state index in [0.717, 1.165) is 0 Å². The predicted molar refractivity (Wildman–Crippen MR) is 54.9 cm³/mol. The van der Waals surface area contributed by atoms with Crippen molar-refractivity contribution in [3.63, 3.8) is 0 Å². The molecule has 72 valence electrons. The van der Waals surface area contributed by atoms with Gasteiger partial charge in [-0.25, -0.2) is 0 Å². The molecule has 0 atom stereocenters. The monoisotopic (exact) mass is 354 g/mol. The molecule has 0 aromatic heterocycles. The average molecular weight is 353 g/mol. The topological polar surface area (TPSA) is 0 Å². The van der Waals surface area contributed by atoms with Crippen molar-refractivity contribution in [3.05, 3.63) is 33.4 Å². The van der Waals surface area contributed by atoms with Crippen LogP contribution in [0, 0.1) is 41.5 Å². The zero-order valence-electron chi connectivity index (χ0n) is 9.35. The van der Waals surface area contributed by atoms with Crippen LogP contribution >= 0.6 is 0 Å². The normalized spacial score (nSPS) is 9.69. The van der Waals surface area contributed by atoms with Crippen LogP contribution in [0.15, 0.2) is 0 Å². The SMILES string of the molecule is Cc1c(C)c(C)c(C)c(C)c1C.[Os+2]. The van der Waals surface area contributed by atoms with E-state index in [9.17, 15) is 0 Å². The number of benzene rings is 1. The average Bonchev–Trinajstić information content (AvgIpc) is 2.08. The van der Waals surface area contributed by atoms with Gasteiger partial charge in [0.2, 0.25) is 0 Å². The number of hydrogen-bond donors (Lipinski definition) is 0. The first-order valence-corrected chi connectivity index (χ1v) is 4.50. The van der Waals surface area contributed by atoms with E-state index in [1.165, 1.54) is 33.4 Å². The number of rotatable bonds is 0. The fourth-order valence-corrected chi connectivity index (χ4v) is 1.69. The Balaban J connectivity index is 0.00000144. The molecule has 0 bridgehead atoms. The molecule has 1 aromatic rings. The molecule has 0 nitrogen and oxygen atoms in total. The Kier molecular flexibility index (Phi) is 4.33. The van der Waals surface area contributed by atoms with Crippen LogP contribution in [-0.2, 0) is 19.8 Å². The maximum Gasteiger partial charge on any atom is 2.00 e. The molecule has 0 spiro atoms. The van der Waals surface area contributed by atoms with E-state index < -0.39 is 0 Å². The molecule has 0 heterocycles. The summed E-state index contributed by atoms with van der Waals surface area (Å²) in [5.41, 5.74) is 8.73. The van der Waals surface area contributed by atoms with Gasteiger partial charge in [-0.2, -0.15) is 0 Å². The van der Waals surface area contributed by atoms with E-state index in [1.54, 1.807) is 0 Å². The molecular weight excluding hydrogens is 334 g/mol. The van der Waals surface area contributed by atoms with Gasteiger partial charge in [0.25, 0.3) is 0 Å². The molecule has 0 N–H and O–H groups in total. The first kappa shape index (κ1) is 12.9. The number of hydrogen-bond acceptors (Lipinski definition) is 0. The summed E-state index contributed by atoms with van der Waals surface area (Å²) in [6, 6.07) is 0. The van der Waals surface area contributed by atoms with Crippen molar-refractivity contribution in [2.75, 3.05) is 0 Å². The van der Waals surface area contributed by atoms with Crippen LogP contribution in [0.2, 0.25) is 0 Å². The van der Waals surface area contributed by atoms with Crippen molar-refractivity contribution in [2.24, 2.45) is 0 Å². The second-order valence-electron chi connectivity index (χ2n) is 3.75. The van der Waals surface area contributed by atoms with E-state index in [1.807, 2.05) is 0 Å². The van der Waals surface area contributed by atoms with Gasteiger partial charge < -0.3 is 0 Å². The van der Waals surface area contributed by atoms with E-state index in [0.29, 0.717) is 0 Å². The maximum atomic E-state index is 2.21. The van der Waals surface area contributed by atoms with Gasteiger partial charge in [-0.15, -0.1) is 0 Å². The summed E-state index contributed by atoms with van der Waals surface area (Å²) in [5, 5.41) is 0. The van der Waals surface area contributed by atoms with Crippen LogP contribution in [0.1, 0.15) is 33.4 Å². The van der Waals surface area contributed by atoms with Gasteiger partial charge in [-0.3, -0.25) is 0 Å². The fraction of sp³-hybridized carbons (Fsp3) is 0.500. The van der Waals surface area contributed by atoms with Crippen LogP contribution in [0.25, 0.3) is 0 Å². The molecular formula is C12H18Os+2. The third-order valence-electron chi connectivity index (χ3n) is 3.38. The van der Waals surface area contributed by atoms with E-state index in [2.05, 4.69) is 41.5 Å². The van der Waals surface area contributed by atoms with Crippen LogP contribution in [-0.4, -0.2) is 0 Å². The molecule has 13 heavy (non-hydrogen) atoms. The van der Waals surface area contributed by atoms with Crippen LogP contribution < -0.4 is 0 Å². The predicted octanol–water partition coefficient (Wildman–Crippen LogP) is 3.53. The Labute approximate surface area is 94.8 Å². The standard InChI is InChI=1S/C12H18.Os/c1-7-8(2)10(4)12(6)11(5)9(7)3;/h1-6H3;/q;+2. The van der Waals surface area contributed by atoms with Gasteiger partial charge in [-0.05, 0) is 74.9 Å². The minimum absolute atomic E-state index is 0. The Hall–Kier alpha value is -0.144. The molecule has 0 aliphatic rings. The summed E-state index contributed by atoms with van der Waals surface area (Å²) in [5.74, 6) is 0. The second-order valence-corrected chi connectivity index (χ2v) is 3.75. The van der Waals surface area contributed by atoms with E-state index >= 15 is 0 Å². The van der Waals surface area contributed by atoms with Crippen molar-refractivity contribution in [3.8, 4) is 0 Å². The fourth-order valence-electron chi connectivity index (χ4n) is 1.69. The minimum Gasteiger partial charge on any atom is -0.0447 e. The van der Waals surface area contributed by atoms with Gasteiger partial charge in [0, 0.05) is 0 Å². The van der Waals surface area contributed by atoms with Crippen molar-refractivity contribution >= 4 is 0 Å². The third kappa shape index (κ3) is 2.02. The Bertz CT molecular complexity index is 219. The summed E-state index contributed by atoms with van der Waals surface area (Å²) in [6.45, 7) is 13.3. The molecule has 0 fully saturated rings. The second kappa shape index (κ2) is 4.38. The zero-order chi connectivity index (χ0) is 9.46. The Morgan fingerprint density at radius 1 is 0.385 bits per heavy atom. The maximum absolute atomic E-state index is 2.21. The van der Waals surface area contributed by atoms with Crippen LogP contribution in [0.3, 0.4) is 0 Å². The van der Waals surface area contributed by atoms with Gasteiger partial charge in [-0.1, -0.05) is 0 Å². The summed E-state index contributed by atoms with van der Waals surface area (Å²) in [4.78, 5) is 0. The first-order valence-electron chi connectivity index (χ1n) is 4.50. The van der Waals surface area contributed by atoms with E-state index in [-0.39, 0.29) is 19.8 Å². The van der Waals surface area contributed by atoms with Gasteiger partial charge >= 0.3 is 19.8 Å². The Morgan fingerprint density at radius 2 is 0.462 bits per heavy atom. The van der Waals surface area contributed by atoms with Gasteiger partial charge in [0.15, 0.2) is 0 Å². The largest absolute Gasteiger partial charge is 2.00 e. The summed E-state index contributed by atoms with van der Waals surface area (Å²) < 4.78 is 0. The first-order chi connectivity index (χ1) is 5.46. The molecule has 0 unspecified atom stereocenters.